The van der Waals surface area contributed by atoms with Crippen molar-refractivity contribution in [2.45, 2.75) is 83.7 Å². The highest BCUT2D eigenvalue weighted by atomic mass is 15.2. The van der Waals surface area contributed by atoms with Crippen molar-refractivity contribution in [2.24, 2.45) is 17.6 Å². The van der Waals surface area contributed by atoms with Crippen LogP contribution in [-0.4, -0.2) is 30.1 Å². The minimum Gasteiger partial charge on any atom is -0.328 e. The second-order valence-corrected chi connectivity index (χ2v) is 7.20. The summed E-state index contributed by atoms with van der Waals surface area (Å²) in [6.07, 6.45) is 12.3. The van der Waals surface area contributed by atoms with Crippen molar-refractivity contribution in [3.05, 3.63) is 0 Å². The van der Waals surface area contributed by atoms with E-state index in [4.69, 9.17) is 5.73 Å². The van der Waals surface area contributed by atoms with E-state index < -0.39 is 0 Å². The van der Waals surface area contributed by atoms with Crippen LogP contribution in [0, 0.1) is 11.8 Å². The molecule has 2 aliphatic carbocycles. The summed E-state index contributed by atoms with van der Waals surface area (Å²) in [4.78, 5) is 2.81. The predicted molar refractivity (Wildman–Crippen MR) is 83.2 cm³/mol. The Balaban J connectivity index is 1.84. The number of hydrogen-bond acceptors (Lipinski definition) is 2. The maximum atomic E-state index is 6.05. The maximum absolute atomic E-state index is 6.05. The predicted octanol–water partition coefficient (Wildman–Crippen LogP) is 3.79. The molecule has 112 valence electrons. The Kier molecular flexibility index (Phi) is 6.15. The van der Waals surface area contributed by atoms with Gasteiger partial charge < -0.3 is 10.6 Å². The first kappa shape index (κ1) is 15.3. The smallest absolute Gasteiger partial charge is 0.00965 e. The van der Waals surface area contributed by atoms with Crippen LogP contribution in [0.15, 0.2) is 0 Å². The molecule has 0 spiro atoms. The molecule has 0 aromatic rings. The van der Waals surface area contributed by atoms with E-state index in [1.54, 1.807) is 0 Å². The van der Waals surface area contributed by atoms with E-state index in [1.807, 2.05) is 0 Å². The quantitative estimate of drug-likeness (QED) is 0.820. The van der Waals surface area contributed by atoms with Crippen LogP contribution in [0.1, 0.15) is 71.6 Å². The fourth-order valence-corrected chi connectivity index (χ4v) is 4.23. The third-order valence-corrected chi connectivity index (χ3v) is 5.31. The molecule has 2 heteroatoms. The van der Waals surface area contributed by atoms with Crippen LogP contribution in [0.25, 0.3) is 0 Å². The average Bonchev–Trinajstić information content (AvgIpc) is 2.39. The van der Waals surface area contributed by atoms with Crippen molar-refractivity contribution in [1.29, 1.82) is 0 Å². The Bertz CT molecular complexity index is 246. The summed E-state index contributed by atoms with van der Waals surface area (Å²) in [6.45, 7) is 7.42. The molecule has 2 rings (SSSR count). The van der Waals surface area contributed by atoms with Crippen LogP contribution in [0.5, 0.6) is 0 Å². The Morgan fingerprint density at radius 1 is 1.05 bits per heavy atom. The Labute approximate surface area is 120 Å². The second kappa shape index (κ2) is 7.64. The van der Waals surface area contributed by atoms with Gasteiger partial charge in [0.1, 0.15) is 0 Å². The minimum absolute atomic E-state index is 0.481. The van der Waals surface area contributed by atoms with Gasteiger partial charge >= 0.3 is 0 Å². The molecule has 0 saturated heterocycles. The van der Waals surface area contributed by atoms with Crippen LogP contribution in [0.2, 0.25) is 0 Å². The molecule has 2 fully saturated rings. The molecule has 2 nitrogen and oxygen atoms in total. The lowest BCUT2D eigenvalue weighted by atomic mass is 9.81. The van der Waals surface area contributed by atoms with Gasteiger partial charge in [0.2, 0.25) is 0 Å². The third kappa shape index (κ3) is 4.75. The van der Waals surface area contributed by atoms with E-state index in [9.17, 15) is 0 Å². The Morgan fingerprint density at radius 2 is 1.79 bits per heavy atom. The molecule has 2 N–H and O–H groups in total. The van der Waals surface area contributed by atoms with Crippen molar-refractivity contribution < 1.29 is 0 Å². The molecule has 0 aromatic carbocycles. The van der Waals surface area contributed by atoms with Crippen LogP contribution >= 0.6 is 0 Å². The highest BCUT2D eigenvalue weighted by Crippen LogP contribution is 2.31. The summed E-state index contributed by atoms with van der Waals surface area (Å²) in [5.74, 6) is 1.92. The molecule has 0 bridgehead atoms. The fourth-order valence-electron chi connectivity index (χ4n) is 4.23. The van der Waals surface area contributed by atoms with Crippen LogP contribution in [-0.2, 0) is 0 Å². The molecular formula is C17H34N2. The summed E-state index contributed by atoms with van der Waals surface area (Å²) in [5, 5.41) is 0. The largest absolute Gasteiger partial charge is 0.328 e. The first-order chi connectivity index (χ1) is 9.19. The van der Waals surface area contributed by atoms with Crippen molar-refractivity contribution in [3.8, 4) is 0 Å². The zero-order valence-electron chi connectivity index (χ0n) is 13.1. The van der Waals surface area contributed by atoms with Crippen LogP contribution < -0.4 is 5.73 Å². The zero-order chi connectivity index (χ0) is 13.7. The van der Waals surface area contributed by atoms with Crippen molar-refractivity contribution in [1.82, 2.24) is 4.90 Å². The topological polar surface area (TPSA) is 29.3 Å². The Hall–Kier alpha value is -0.0800. The molecule has 0 radical (unpaired) electrons. The third-order valence-electron chi connectivity index (χ3n) is 5.31. The van der Waals surface area contributed by atoms with E-state index in [1.165, 1.54) is 70.9 Å². The zero-order valence-corrected chi connectivity index (χ0v) is 13.1. The average molecular weight is 266 g/mol. The van der Waals surface area contributed by atoms with Crippen LogP contribution in [0.4, 0.5) is 0 Å². The highest BCUT2D eigenvalue weighted by Gasteiger charge is 2.27. The highest BCUT2D eigenvalue weighted by molar-refractivity contribution is 4.83. The van der Waals surface area contributed by atoms with Crippen molar-refractivity contribution in [2.75, 3.05) is 13.1 Å². The molecule has 2 aliphatic rings. The van der Waals surface area contributed by atoms with Crippen molar-refractivity contribution >= 4 is 0 Å². The van der Waals surface area contributed by atoms with E-state index in [0.717, 1.165) is 17.9 Å². The molecule has 19 heavy (non-hydrogen) atoms. The monoisotopic (exact) mass is 266 g/mol. The minimum atomic E-state index is 0.481. The van der Waals surface area contributed by atoms with E-state index >= 15 is 0 Å². The number of nitrogens with zero attached hydrogens (tertiary/aromatic N) is 1. The number of nitrogens with two attached hydrogens (primary N) is 1. The first-order valence-corrected chi connectivity index (χ1v) is 8.68. The van der Waals surface area contributed by atoms with Gasteiger partial charge in [-0.1, -0.05) is 26.7 Å². The molecule has 0 heterocycles. The number of hydrogen-bond donors (Lipinski definition) is 1. The molecule has 0 aliphatic heterocycles. The second-order valence-electron chi connectivity index (χ2n) is 7.20. The molecule has 0 amide bonds. The molecule has 2 saturated carbocycles. The summed E-state index contributed by atoms with van der Waals surface area (Å²) >= 11 is 0. The van der Waals surface area contributed by atoms with E-state index in [2.05, 4.69) is 18.7 Å². The van der Waals surface area contributed by atoms with Gasteiger partial charge in [-0.25, -0.2) is 0 Å². The number of rotatable bonds is 5. The van der Waals surface area contributed by atoms with Crippen LogP contribution in [0.3, 0.4) is 0 Å². The standard InChI is InChI=1S/C17H34N2/c1-3-11-19(17-9-7-16(18)8-10-17)13-15-6-4-5-14(2)12-15/h14-17H,3-13,18H2,1-2H3. The van der Waals surface area contributed by atoms with Gasteiger partial charge in [-0.05, 0) is 63.3 Å². The Morgan fingerprint density at radius 3 is 2.42 bits per heavy atom. The van der Waals surface area contributed by atoms with Gasteiger partial charge in [-0.3, -0.25) is 0 Å². The van der Waals surface area contributed by atoms with Gasteiger partial charge in [0, 0.05) is 18.6 Å². The lowest BCUT2D eigenvalue weighted by Gasteiger charge is -2.39. The van der Waals surface area contributed by atoms with E-state index in [0.29, 0.717) is 6.04 Å². The normalized spacial score (nSPS) is 36.6. The van der Waals surface area contributed by atoms with Crippen molar-refractivity contribution in [3.63, 3.8) is 0 Å². The molecule has 0 aromatic heterocycles. The summed E-state index contributed by atoms with van der Waals surface area (Å²) in [6, 6.07) is 1.31. The lowest BCUT2D eigenvalue weighted by Crippen LogP contribution is -2.44. The molecule has 2 unspecified atom stereocenters. The first-order valence-electron chi connectivity index (χ1n) is 8.68. The SMILES string of the molecule is CCCN(CC1CCCC(C)C1)C1CCC(N)CC1. The maximum Gasteiger partial charge on any atom is 0.00965 e. The van der Waals surface area contributed by atoms with Gasteiger partial charge in [-0.2, -0.15) is 0 Å². The van der Waals surface area contributed by atoms with Gasteiger partial charge in [0.25, 0.3) is 0 Å². The van der Waals surface area contributed by atoms with Gasteiger partial charge in [-0.15, -0.1) is 0 Å². The molecule has 2 atom stereocenters. The lowest BCUT2D eigenvalue weighted by molar-refractivity contribution is 0.108. The summed E-state index contributed by atoms with van der Waals surface area (Å²) in [7, 11) is 0. The molecular weight excluding hydrogens is 232 g/mol. The van der Waals surface area contributed by atoms with Gasteiger partial charge in [0.05, 0.1) is 0 Å². The van der Waals surface area contributed by atoms with E-state index in [-0.39, 0.29) is 0 Å². The summed E-state index contributed by atoms with van der Waals surface area (Å²) < 4.78 is 0. The van der Waals surface area contributed by atoms with Gasteiger partial charge in [0.15, 0.2) is 0 Å². The summed E-state index contributed by atoms with van der Waals surface area (Å²) in [5.41, 5.74) is 6.05. The fraction of sp³-hybridized carbons (Fsp3) is 1.00.